The largest absolute Gasteiger partial charge is 0.448 e. The second-order valence-corrected chi connectivity index (χ2v) is 23.1. The van der Waals surface area contributed by atoms with E-state index in [0.717, 1.165) is 39.2 Å². The number of methoxy groups -OCH3 is 2. The number of rotatable bonds is 25. The van der Waals surface area contributed by atoms with Gasteiger partial charge in [-0.3, -0.25) is 24.1 Å². The first-order valence-electron chi connectivity index (χ1n) is 26.8. The maximum absolute atomic E-state index is 15.0. The molecule has 1 N–H and O–H groups in total. The van der Waals surface area contributed by atoms with Gasteiger partial charge in [0.05, 0.1) is 47.2 Å². The minimum absolute atomic E-state index is 0.0375. The number of nitrogens with one attached hydrogen (secondary N) is 1. The fraction of sp³-hybridized carbons (Fsp3) is 0.550. The number of aromatic nitrogens is 1. The van der Waals surface area contributed by atoms with E-state index in [2.05, 4.69) is 34.6 Å². The van der Waals surface area contributed by atoms with Crippen molar-refractivity contribution < 1.29 is 47.7 Å². The van der Waals surface area contributed by atoms with Crippen LogP contribution in [0.1, 0.15) is 127 Å². The molecular formula is C60H81N5O10S. The summed E-state index contributed by atoms with van der Waals surface area (Å²) in [5, 5.41) is 5.55. The number of alkyl carbamates (subject to hydrolysis) is 1. The van der Waals surface area contributed by atoms with Crippen molar-refractivity contribution in [2.45, 2.75) is 148 Å². The van der Waals surface area contributed by atoms with E-state index in [-0.39, 0.29) is 67.9 Å². The number of ether oxygens (including phenoxy) is 4. The number of carbonyl (C=O) groups excluding carboxylic acids is 6. The van der Waals surface area contributed by atoms with Gasteiger partial charge in [0.15, 0.2) is 5.78 Å². The van der Waals surface area contributed by atoms with Crippen LogP contribution < -0.4 is 5.32 Å². The Hall–Kier alpha value is -5.97. The van der Waals surface area contributed by atoms with Crippen LogP contribution in [0.2, 0.25) is 0 Å². The summed E-state index contributed by atoms with van der Waals surface area (Å²) in [6.45, 7) is 14.5. The van der Waals surface area contributed by atoms with Gasteiger partial charge in [0.1, 0.15) is 18.0 Å². The molecule has 1 fully saturated rings. The van der Waals surface area contributed by atoms with Crippen molar-refractivity contribution in [1.29, 1.82) is 0 Å². The van der Waals surface area contributed by atoms with Gasteiger partial charge in [0.25, 0.3) is 0 Å². The molecule has 0 bridgehead atoms. The van der Waals surface area contributed by atoms with Crippen LogP contribution in [-0.2, 0) is 44.5 Å². The molecule has 0 spiro atoms. The Morgan fingerprint density at radius 3 is 2.05 bits per heavy atom. The van der Waals surface area contributed by atoms with Gasteiger partial charge >= 0.3 is 12.2 Å². The van der Waals surface area contributed by atoms with E-state index in [9.17, 15) is 24.0 Å². The molecule has 412 valence electrons. The zero-order valence-corrected chi connectivity index (χ0v) is 47.5. The van der Waals surface area contributed by atoms with Crippen molar-refractivity contribution >= 4 is 46.9 Å². The standard InChI is InChI=1S/C60H81N5O10S/c1-13-38(2)53(50(72-11)35-52(68)65-30-21-28-48(65)54(73-12)39(3)49(66)33-41(55-61-29-31-76-55)32-40-22-15-14-16-23-40)63(9)56(69)42(36-62-57(70)75-59(4,5)6)34-51(67)60(7,8)64(10)58(71)74-37-47-45-26-19-17-24-43(45)44-25-18-20-27-46(44)47/h14-20,22-27,29,31,38-39,41-42,47-48,50,53-54H,13,21,28,30,32-37H2,1-12H3,(H,62,70)/t38-,39-,41+,42-,48-,50+,53-,54+/m0/s1. The van der Waals surface area contributed by atoms with Crippen molar-refractivity contribution in [3.8, 4) is 11.1 Å². The molecule has 1 aliphatic carbocycles. The highest BCUT2D eigenvalue weighted by Gasteiger charge is 2.45. The Bertz CT molecular complexity index is 2560. The number of hydrogen-bond acceptors (Lipinski definition) is 12. The minimum Gasteiger partial charge on any atom is -0.448 e. The van der Waals surface area contributed by atoms with E-state index >= 15 is 4.79 Å². The molecule has 0 unspecified atom stereocenters. The van der Waals surface area contributed by atoms with Gasteiger partial charge in [-0.1, -0.05) is 106 Å². The number of Topliss-reactive ketones (excluding diaryl/α,β-unsaturated/α-hetero) is 2. The summed E-state index contributed by atoms with van der Waals surface area (Å²) in [5.74, 6) is -3.15. The summed E-state index contributed by atoms with van der Waals surface area (Å²) < 4.78 is 23.7. The minimum atomic E-state index is -1.44. The normalized spacial score (nSPS) is 17.3. The number of amides is 4. The molecule has 76 heavy (non-hydrogen) atoms. The summed E-state index contributed by atoms with van der Waals surface area (Å²) >= 11 is 1.54. The number of benzene rings is 3. The molecule has 2 aliphatic rings. The Labute approximate surface area is 454 Å². The summed E-state index contributed by atoms with van der Waals surface area (Å²) in [5.41, 5.74) is 3.13. The lowest BCUT2D eigenvalue weighted by atomic mass is 9.85. The topological polar surface area (TPSA) is 174 Å². The molecule has 4 aromatic rings. The average molecular weight is 1060 g/mol. The van der Waals surface area contributed by atoms with E-state index in [0.29, 0.717) is 25.8 Å². The van der Waals surface area contributed by atoms with Crippen LogP contribution in [0.25, 0.3) is 11.1 Å². The number of carbonyl (C=O) groups is 6. The van der Waals surface area contributed by atoms with E-state index in [1.54, 1.807) is 71.2 Å². The summed E-state index contributed by atoms with van der Waals surface area (Å²) in [6.07, 6.45) is 1.50. The third kappa shape index (κ3) is 14.3. The molecule has 0 radical (unpaired) electrons. The molecule has 6 rings (SSSR count). The molecule has 1 aliphatic heterocycles. The summed E-state index contributed by atoms with van der Waals surface area (Å²) in [4.78, 5) is 94.6. The van der Waals surface area contributed by atoms with Gasteiger partial charge in [-0.25, -0.2) is 14.6 Å². The molecule has 1 saturated heterocycles. The van der Waals surface area contributed by atoms with Gasteiger partial charge in [-0.15, -0.1) is 11.3 Å². The number of likely N-dealkylation sites (N-methyl/N-ethyl adjacent to an activating group) is 2. The van der Waals surface area contributed by atoms with Crippen LogP contribution >= 0.6 is 11.3 Å². The zero-order valence-electron chi connectivity index (χ0n) is 46.7. The van der Waals surface area contributed by atoms with Crippen LogP contribution in [0.15, 0.2) is 90.4 Å². The molecule has 4 amide bonds. The van der Waals surface area contributed by atoms with Gasteiger partial charge < -0.3 is 34.1 Å². The smallest absolute Gasteiger partial charge is 0.410 e. The Morgan fingerprint density at radius 1 is 0.842 bits per heavy atom. The van der Waals surface area contributed by atoms with E-state index in [1.807, 2.05) is 85.6 Å². The molecule has 1 aromatic heterocycles. The Morgan fingerprint density at radius 2 is 1.47 bits per heavy atom. The lowest BCUT2D eigenvalue weighted by Gasteiger charge is -2.41. The Kier molecular flexibility index (Phi) is 20.6. The lowest BCUT2D eigenvalue weighted by Crippen LogP contribution is -2.56. The number of nitrogens with zero attached hydrogens (tertiary/aromatic N) is 4. The van der Waals surface area contributed by atoms with Crippen LogP contribution in [0.3, 0.4) is 0 Å². The Balaban J connectivity index is 1.16. The predicted octanol–water partition coefficient (Wildman–Crippen LogP) is 10.1. The highest BCUT2D eigenvalue weighted by molar-refractivity contribution is 7.09. The average Bonchev–Trinajstić information content (AvgIpc) is 4.19. The first-order chi connectivity index (χ1) is 36.1. The molecular weight excluding hydrogens is 983 g/mol. The van der Waals surface area contributed by atoms with E-state index in [1.165, 1.54) is 19.1 Å². The SMILES string of the molecule is CC[C@H](C)[C@@H]([C@@H](CC(=O)N1CCC[C@H]1[C@H](OC)[C@@H](C)C(=O)C[C@@H](Cc1ccccc1)c1nccs1)OC)N(C)C(=O)[C@H](CNC(=O)OC(C)(C)C)CC(=O)C(C)(C)N(C)C(=O)OCC1c2ccccc2-c2ccccc21. The number of likely N-dealkylation sites (tertiary alicyclic amines) is 1. The number of hydrogen-bond donors (Lipinski definition) is 1. The monoisotopic (exact) mass is 1060 g/mol. The quantitative estimate of drug-likeness (QED) is 0.0669. The van der Waals surface area contributed by atoms with Crippen molar-refractivity contribution in [3.63, 3.8) is 0 Å². The summed E-state index contributed by atoms with van der Waals surface area (Å²) in [7, 11) is 6.25. The van der Waals surface area contributed by atoms with Crippen molar-refractivity contribution in [1.82, 2.24) is 25.0 Å². The first-order valence-corrected chi connectivity index (χ1v) is 27.7. The van der Waals surface area contributed by atoms with Crippen molar-refractivity contribution in [3.05, 3.63) is 112 Å². The third-order valence-electron chi connectivity index (χ3n) is 15.7. The summed E-state index contributed by atoms with van der Waals surface area (Å²) in [6, 6.07) is 25.1. The van der Waals surface area contributed by atoms with Gasteiger partial charge in [0.2, 0.25) is 11.8 Å². The molecule has 0 saturated carbocycles. The van der Waals surface area contributed by atoms with Gasteiger partial charge in [0, 0.05) is 83.6 Å². The van der Waals surface area contributed by atoms with Crippen molar-refractivity contribution in [2.75, 3.05) is 48.0 Å². The second kappa shape index (κ2) is 26.4. The second-order valence-electron chi connectivity index (χ2n) is 22.1. The first kappa shape index (κ1) is 59.3. The van der Waals surface area contributed by atoms with E-state index in [4.69, 9.17) is 18.9 Å². The highest BCUT2D eigenvalue weighted by Crippen LogP contribution is 2.45. The van der Waals surface area contributed by atoms with Crippen LogP contribution in [-0.4, -0.2) is 139 Å². The van der Waals surface area contributed by atoms with Crippen molar-refractivity contribution in [2.24, 2.45) is 17.8 Å². The van der Waals surface area contributed by atoms with E-state index < -0.39 is 65.1 Å². The zero-order chi connectivity index (χ0) is 55.5. The number of ketones is 2. The maximum Gasteiger partial charge on any atom is 0.410 e. The number of fused-ring (bicyclic) bond motifs is 3. The van der Waals surface area contributed by atoms with Crippen LogP contribution in [0, 0.1) is 17.8 Å². The third-order valence-corrected chi connectivity index (χ3v) is 16.7. The molecule has 16 heteroatoms. The molecule has 15 nitrogen and oxygen atoms in total. The fourth-order valence-electron chi connectivity index (χ4n) is 11.0. The van der Waals surface area contributed by atoms with Gasteiger partial charge in [-0.05, 0) is 87.6 Å². The molecule has 2 heterocycles. The molecule has 8 atom stereocenters. The highest BCUT2D eigenvalue weighted by atomic mass is 32.1. The molecule has 3 aromatic carbocycles. The van der Waals surface area contributed by atoms with Gasteiger partial charge in [-0.2, -0.15) is 0 Å². The maximum atomic E-state index is 15.0. The number of thiazole rings is 1. The predicted molar refractivity (Wildman–Crippen MR) is 295 cm³/mol. The fourth-order valence-corrected chi connectivity index (χ4v) is 11.7. The van der Waals surface area contributed by atoms with Crippen LogP contribution in [0.4, 0.5) is 9.59 Å². The lowest BCUT2D eigenvalue weighted by molar-refractivity contribution is -0.148. The van der Waals surface area contributed by atoms with Crippen LogP contribution in [0.5, 0.6) is 0 Å².